The molecule has 5 nitrogen and oxygen atoms in total. The van der Waals surface area contributed by atoms with E-state index < -0.39 is 0 Å². The number of nitrogens with one attached hydrogen (secondary N) is 1. The van der Waals surface area contributed by atoms with Crippen LogP contribution in [0.2, 0.25) is 0 Å². The van der Waals surface area contributed by atoms with E-state index in [9.17, 15) is 0 Å². The molecule has 0 saturated carbocycles. The molecule has 3 N–H and O–H groups in total. The van der Waals surface area contributed by atoms with Crippen LogP contribution >= 0.6 is 24.0 Å². The molecule has 126 valence electrons. The number of rotatable bonds is 6. The van der Waals surface area contributed by atoms with Crippen molar-refractivity contribution in [3.8, 4) is 11.3 Å². The van der Waals surface area contributed by atoms with E-state index in [0.29, 0.717) is 24.3 Å². The standard InChI is InChI=1S/C17H24N4O.HI/c1-12(2)8-9-19-17(18)21-11-16-20-10-15(22-16)14-6-4-13(3)5-7-14;/h4-7,10,12H,8-9,11H2,1-3H3,(H3,18,19,21);1H. The Bertz CT molecular complexity index is 620. The highest BCUT2D eigenvalue weighted by Gasteiger charge is 2.06. The Morgan fingerprint density at radius 3 is 2.65 bits per heavy atom. The summed E-state index contributed by atoms with van der Waals surface area (Å²) >= 11 is 0. The van der Waals surface area contributed by atoms with Gasteiger partial charge in [0.15, 0.2) is 11.7 Å². The van der Waals surface area contributed by atoms with Crippen LogP contribution in [0.15, 0.2) is 39.9 Å². The number of aliphatic imine (C=N–C) groups is 1. The molecule has 2 rings (SSSR count). The van der Waals surface area contributed by atoms with E-state index in [2.05, 4.69) is 36.1 Å². The predicted molar refractivity (Wildman–Crippen MR) is 105 cm³/mol. The maximum absolute atomic E-state index is 5.81. The highest BCUT2D eigenvalue weighted by Crippen LogP contribution is 2.20. The van der Waals surface area contributed by atoms with Crippen molar-refractivity contribution < 1.29 is 4.42 Å². The second-order valence-electron chi connectivity index (χ2n) is 5.80. The number of aromatic nitrogens is 1. The SMILES string of the molecule is Cc1ccc(-c2cnc(CN=C(N)NCCC(C)C)o2)cc1.I. The van der Waals surface area contributed by atoms with Crippen LogP contribution in [0.3, 0.4) is 0 Å². The summed E-state index contributed by atoms with van der Waals surface area (Å²) < 4.78 is 5.70. The lowest BCUT2D eigenvalue weighted by Crippen LogP contribution is -2.32. The fourth-order valence-corrected chi connectivity index (χ4v) is 1.93. The molecule has 0 bridgehead atoms. The second-order valence-corrected chi connectivity index (χ2v) is 5.80. The zero-order chi connectivity index (χ0) is 15.9. The molecule has 0 saturated heterocycles. The van der Waals surface area contributed by atoms with Gasteiger partial charge in [-0.05, 0) is 19.3 Å². The summed E-state index contributed by atoms with van der Waals surface area (Å²) in [4.78, 5) is 8.48. The van der Waals surface area contributed by atoms with Crippen LogP contribution in [0.25, 0.3) is 11.3 Å². The minimum absolute atomic E-state index is 0. The van der Waals surface area contributed by atoms with Crippen molar-refractivity contribution in [2.75, 3.05) is 6.54 Å². The molecule has 1 aromatic carbocycles. The molecule has 1 heterocycles. The maximum atomic E-state index is 5.81. The van der Waals surface area contributed by atoms with Gasteiger partial charge in [0.1, 0.15) is 6.54 Å². The third kappa shape index (κ3) is 6.60. The van der Waals surface area contributed by atoms with Crippen molar-refractivity contribution in [2.45, 2.75) is 33.7 Å². The Balaban J connectivity index is 0.00000264. The Hall–Kier alpha value is -1.57. The number of aryl methyl sites for hydroxylation is 1. The molecule has 0 radical (unpaired) electrons. The van der Waals surface area contributed by atoms with Crippen LogP contribution in [0.1, 0.15) is 31.7 Å². The third-order valence-electron chi connectivity index (χ3n) is 3.30. The largest absolute Gasteiger partial charge is 0.439 e. The van der Waals surface area contributed by atoms with Crippen molar-refractivity contribution in [1.82, 2.24) is 10.3 Å². The van der Waals surface area contributed by atoms with Gasteiger partial charge in [-0.1, -0.05) is 43.7 Å². The molecule has 0 spiro atoms. The van der Waals surface area contributed by atoms with Gasteiger partial charge < -0.3 is 15.5 Å². The number of hydrogen-bond acceptors (Lipinski definition) is 3. The van der Waals surface area contributed by atoms with E-state index in [1.54, 1.807) is 6.20 Å². The summed E-state index contributed by atoms with van der Waals surface area (Å²) in [5.74, 6) is 2.38. The van der Waals surface area contributed by atoms with E-state index in [4.69, 9.17) is 10.2 Å². The summed E-state index contributed by atoms with van der Waals surface area (Å²) in [6.07, 6.45) is 2.78. The first-order chi connectivity index (χ1) is 10.5. The molecule has 0 aliphatic carbocycles. The van der Waals surface area contributed by atoms with Gasteiger partial charge in [-0.2, -0.15) is 0 Å². The van der Waals surface area contributed by atoms with Crippen molar-refractivity contribution in [2.24, 2.45) is 16.6 Å². The van der Waals surface area contributed by atoms with Gasteiger partial charge in [0.05, 0.1) is 6.20 Å². The number of oxazole rings is 1. The maximum Gasteiger partial charge on any atom is 0.216 e. The molecular weight excluding hydrogens is 403 g/mol. The Kier molecular flexibility index (Phi) is 8.08. The van der Waals surface area contributed by atoms with E-state index >= 15 is 0 Å². The first-order valence-electron chi connectivity index (χ1n) is 7.60. The average Bonchev–Trinajstić information content (AvgIpc) is 2.94. The molecule has 2 aromatic rings. The van der Waals surface area contributed by atoms with Gasteiger partial charge in [0, 0.05) is 12.1 Å². The van der Waals surface area contributed by atoms with Crippen molar-refractivity contribution in [1.29, 1.82) is 0 Å². The van der Waals surface area contributed by atoms with Gasteiger partial charge in [0.2, 0.25) is 5.89 Å². The first-order valence-corrected chi connectivity index (χ1v) is 7.60. The summed E-state index contributed by atoms with van der Waals surface area (Å²) in [6.45, 7) is 7.57. The minimum Gasteiger partial charge on any atom is -0.439 e. The van der Waals surface area contributed by atoms with Crippen LogP contribution in [0.4, 0.5) is 0 Å². The summed E-state index contributed by atoms with van der Waals surface area (Å²) in [6, 6.07) is 8.13. The zero-order valence-corrected chi connectivity index (χ0v) is 16.2. The van der Waals surface area contributed by atoms with Crippen LogP contribution in [0.5, 0.6) is 0 Å². The molecule has 0 amide bonds. The Morgan fingerprint density at radius 1 is 1.30 bits per heavy atom. The normalized spacial score (nSPS) is 11.4. The molecule has 6 heteroatoms. The monoisotopic (exact) mass is 428 g/mol. The van der Waals surface area contributed by atoms with Crippen molar-refractivity contribution >= 4 is 29.9 Å². The van der Waals surface area contributed by atoms with Crippen LogP contribution in [-0.4, -0.2) is 17.5 Å². The van der Waals surface area contributed by atoms with Gasteiger partial charge in [-0.3, -0.25) is 0 Å². The average molecular weight is 428 g/mol. The molecule has 0 aliphatic heterocycles. The zero-order valence-electron chi connectivity index (χ0n) is 13.9. The van der Waals surface area contributed by atoms with Gasteiger partial charge in [-0.15, -0.1) is 24.0 Å². The van der Waals surface area contributed by atoms with E-state index in [1.807, 2.05) is 24.3 Å². The molecule has 23 heavy (non-hydrogen) atoms. The second kappa shape index (κ2) is 9.54. The molecule has 0 fully saturated rings. The lowest BCUT2D eigenvalue weighted by atomic mass is 10.1. The molecule has 0 unspecified atom stereocenters. The van der Waals surface area contributed by atoms with Gasteiger partial charge in [0.25, 0.3) is 0 Å². The van der Waals surface area contributed by atoms with E-state index in [-0.39, 0.29) is 24.0 Å². The fourth-order valence-electron chi connectivity index (χ4n) is 1.93. The first kappa shape index (κ1) is 19.5. The third-order valence-corrected chi connectivity index (χ3v) is 3.30. The summed E-state index contributed by atoms with van der Waals surface area (Å²) in [5.41, 5.74) is 8.04. The van der Waals surface area contributed by atoms with Crippen LogP contribution in [-0.2, 0) is 6.54 Å². The number of nitrogens with zero attached hydrogens (tertiary/aromatic N) is 2. The summed E-state index contributed by atoms with van der Waals surface area (Å²) in [5, 5.41) is 3.09. The highest BCUT2D eigenvalue weighted by molar-refractivity contribution is 14.0. The number of guanidine groups is 1. The Morgan fingerprint density at radius 2 is 2.00 bits per heavy atom. The molecule has 0 atom stereocenters. The highest BCUT2D eigenvalue weighted by atomic mass is 127. The molecule has 0 aliphatic rings. The number of nitrogens with two attached hydrogens (primary N) is 1. The molecule has 1 aromatic heterocycles. The van der Waals surface area contributed by atoms with Crippen molar-refractivity contribution in [3.05, 3.63) is 41.9 Å². The van der Waals surface area contributed by atoms with E-state index in [0.717, 1.165) is 24.3 Å². The van der Waals surface area contributed by atoms with Crippen molar-refractivity contribution in [3.63, 3.8) is 0 Å². The quantitative estimate of drug-likeness (QED) is 0.418. The number of benzene rings is 1. The smallest absolute Gasteiger partial charge is 0.216 e. The minimum atomic E-state index is 0. The number of halogens is 1. The number of hydrogen-bond donors (Lipinski definition) is 2. The fraction of sp³-hybridized carbons (Fsp3) is 0.412. The van der Waals surface area contributed by atoms with Crippen LogP contribution in [0, 0.1) is 12.8 Å². The summed E-state index contributed by atoms with van der Waals surface area (Å²) in [7, 11) is 0. The van der Waals surface area contributed by atoms with Gasteiger partial charge in [-0.25, -0.2) is 9.98 Å². The molecular formula is C17H25IN4O. The lowest BCUT2D eigenvalue weighted by molar-refractivity contribution is 0.509. The topological polar surface area (TPSA) is 76.4 Å². The van der Waals surface area contributed by atoms with E-state index in [1.165, 1.54) is 5.56 Å². The van der Waals surface area contributed by atoms with Gasteiger partial charge >= 0.3 is 0 Å². The van der Waals surface area contributed by atoms with Crippen LogP contribution < -0.4 is 11.1 Å². The Labute approximate surface area is 154 Å². The predicted octanol–water partition coefficient (Wildman–Crippen LogP) is 3.72. The lowest BCUT2D eigenvalue weighted by Gasteiger charge is -2.06.